The van der Waals surface area contributed by atoms with E-state index in [1.165, 1.54) is 5.56 Å². The maximum absolute atomic E-state index is 10.2. The lowest BCUT2D eigenvalue weighted by Gasteiger charge is -2.27. The Morgan fingerprint density at radius 2 is 2.25 bits per heavy atom. The second kappa shape index (κ2) is 5.41. The molecule has 0 spiro atoms. The predicted molar refractivity (Wildman–Crippen MR) is 64.3 cm³/mol. The molecular formula is C13H20N2O. The molecule has 0 saturated carbocycles. The molecule has 1 aromatic rings. The Labute approximate surface area is 96.9 Å². The summed E-state index contributed by atoms with van der Waals surface area (Å²) in [7, 11) is 0. The van der Waals surface area contributed by atoms with E-state index >= 15 is 0 Å². The highest BCUT2D eigenvalue weighted by Gasteiger charge is 2.22. The first-order valence-electron chi connectivity index (χ1n) is 6.06. The Hall–Kier alpha value is -0.930. The van der Waals surface area contributed by atoms with Gasteiger partial charge in [-0.2, -0.15) is 0 Å². The topological polar surface area (TPSA) is 45.2 Å². The number of aromatic nitrogens is 1. The maximum Gasteiger partial charge on any atom is 0.0624 e. The van der Waals surface area contributed by atoms with E-state index in [1.807, 2.05) is 6.07 Å². The van der Waals surface area contributed by atoms with Crippen molar-refractivity contribution in [3.8, 4) is 0 Å². The molecule has 88 valence electrons. The molecule has 1 aromatic heterocycles. The van der Waals surface area contributed by atoms with Crippen LogP contribution in [0.2, 0.25) is 0 Å². The van der Waals surface area contributed by atoms with E-state index in [0.29, 0.717) is 12.3 Å². The molecule has 16 heavy (non-hydrogen) atoms. The number of nitrogens with one attached hydrogen (secondary N) is 1. The van der Waals surface area contributed by atoms with Crippen LogP contribution in [-0.2, 0) is 6.42 Å². The summed E-state index contributed by atoms with van der Waals surface area (Å²) in [6.07, 6.45) is 4.41. The highest BCUT2D eigenvalue weighted by Crippen LogP contribution is 2.19. The Bertz CT molecular complexity index is 334. The summed E-state index contributed by atoms with van der Waals surface area (Å²) in [6.45, 7) is 4.11. The van der Waals surface area contributed by atoms with Crippen molar-refractivity contribution in [2.24, 2.45) is 5.92 Å². The van der Waals surface area contributed by atoms with Crippen molar-refractivity contribution in [2.45, 2.75) is 32.3 Å². The van der Waals surface area contributed by atoms with Gasteiger partial charge in [0.1, 0.15) is 0 Å². The highest BCUT2D eigenvalue weighted by molar-refractivity contribution is 5.18. The van der Waals surface area contributed by atoms with Gasteiger partial charge in [0.15, 0.2) is 0 Å². The Kier molecular flexibility index (Phi) is 3.91. The zero-order chi connectivity index (χ0) is 11.4. The van der Waals surface area contributed by atoms with Gasteiger partial charge in [0, 0.05) is 18.3 Å². The monoisotopic (exact) mass is 220 g/mol. The number of aliphatic hydroxyl groups is 1. The van der Waals surface area contributed by atoms with Crippen LogP contribution in [0.5, 0.6) is 0 Å². The fourth-order valence-electron chi connectivity index (χ4n) is 2.33. The van der Waals surface area contributed by atoms with Crippen LogP contribution < -0.4 is 5.32 Å². The van der Waals surface area contributed by atoms with Crippen LogP contribution in [0.1, 0.15) is 24.1 Å². The maximum atomic E-state index is 10.2. The van der Waals surface area contributed by atoms with Gasteiger partial charge in [-0.25, -0.2) is 0 Å². The third kappa shape index (κ3) is 2.80. The molecule has 2 rings (SSSR count). The normalized spacial score (nSPS) is 19.6. The molecule has 0 aromatic carbocycles. The van der Waals surface area contributed by atoms with Crippen LogP contribution >= 0.6 is 0 Å². The third-order valence-electron chi connectivity index (χ3n) is 3.45. The van der Waals surface area contributed by atoms with E-state index in [9.17, 15) is 5.11 Å². The van der Waals surface area contributed by atoms with E-state index in [1.54, 1.807) is 6.20 Å². The van der Waals surface area contributed by atoms with Crippen molar-refractivity contribution in [1.82, 2.24) is 10.3 Å². The Morgan fingerprint density at radius 1 is 1.50 bits per heavy atom. The summed E-state index contributed by atoms with van der Waals surface area (Å²) in [4.78, 5) is 4.34. The third-order valence-corrected chi connectivity index (χ3v) is 3.45. The summed E-state index contributed by atoms with van der Waals surface area (Å²) < 4.78 is 0. The van der Waals surface area contributed by atoms with E-state index in [-0.39, 0.29) is 6.10 Å². The molecule has 0 bridgehead atoms. The zero-order valence-corrected chi connectivity index (χ0v) is 9.82. The van der Waals surface area contributed by atoms with Gasteiger partial charge in [-0.3, -0.25) is 4.98 Å². The quantitative estimate of drug-likeness (QED) is 0.807. The van der Waals surface area contributed by atoms with E-state index in [2.05, 4.69) is 23.3 Å². The molecule has 1 saturated heterocycles. The molecule has 0 aliphatic carbocycles. The summed E-state index contributed by atoms with van der Waals surface area (Å²) in [5.41, 5.74) is 2.21. The Morgan fingerprint density at radius 3 is 2.94 bits per heavy atom. The van der Waals surface area contributed by atoms with Crippen LogP contribution in [-0.4, -0.2) is 29.3 Å². The van der Waals surface area contributed by atoms with Gasteiger partial charge in [0.05, 0.1) is 6.10 Å². The standard InChI is InChI=1S/C13H20N2O/c1-10-3-2-6-15-12(10)9-13(16)11-4-7-14-8-5-11/h2-3,6,11,13-14,16H,4-5,7-9H2,1H3. The van der Waals surface area contributed by atoms with Crippen LogP contribution in [0.15, 0.2) is 18.3 Å². The van der Waals surface area contributed by atoms with Crippen molar-refractivity contribution in [3.63, 3.8) is 0 Å². The summed E-state index contributed by atoms with van der Waals surface area (Å²) in [5, 5.41) is 13.5. The first kappa shape index (κ1) is 11.6. The van der Waals surface area contributed by atoms with Gasteiger partial charge in [0.25, 0.3) is 0 Å². The molecule has 1 unspecified atom stereocenters. The van der Waals surface area contributed by atoms with E-state index < -0.39 is 0 Å². The van der Waals surface area contributed by atoms with Crippen molar-refractivity contribution in [3.05, 3.63) is 29.6 Å². The van der Waals surface area contributed by atoms with Gasteiger partial charge in [0.2, 0.25) is 0 Å². The molecule has 1 atom stereocenters. The predicted octanol–water partition coefficient (Wildman–Crippen LogP) is 1.29. The van der Waals surface area contributed by atoms with Crippen LogP contribution in [0.3, 0.4) is 0 Å². The highest BCUT2D eigenvalue weighted by atomic mass is 16.3. The fraction of sp³-hybridized carbons (Fsp3) is 0.615. The second-order valence-corrected chi connectivity index (χ2v) is 4.63. The average Bonchev–Trinajstić information content (AvgIpc) is 2.33. The largest absolute Gasteiger partial charge is 0.392 e. The molecule has 1 aliphatic heterocycles. The van der Waals surface area contributed by atoms with Gasteiger partial charge in [-0.1, -0.05) is 6.07 Å². The number of piperidine rings is 1. The molecule has 2 heterocycles. The molecule has 0 amide bonds. The molecule has 1 aliphatic rings. The number of aliphatic hydroxyl groups excluding tert-OH is 1. The van der Waals surface area contributed by atoms with Crippen LogP contribution in [0.4, 0.5) is 0 Å². The minimum absolute atomic E-state index is 0.240. The molecule has 3 heteroatoms. The molecule has 2 N–H and O–H groups in total. The first-order chi connectivity index (χ1) is 7.77. The van der Waals surface area contributed by atoms with Crippen LogP contribution in [0.25, 0.3) is 0 Å². The lowest BCUT2D eigenvalue weighted by Crippen LogP contribution is -2.35. The van der Waals surface area contributed by atoms with Gasteiger partial charge in [-0.15, -0.1) is 0 Å². The number of nitrogens with zero attached hydrogens (tertiary/aromatic N) is 1. The van der Waals surface area contributed by atoms with Crippen LogP contribution in [0, 0.1) is 12.8 Å². The Balaban J connectivity index is 1.96. The van der Waals surface area contributed by atoms with Gasteiger partial charge in [-0.05, 0) is 50.4 Å². The van der Waals surface area contributed by atoms with Gasteiger partial charge >= 0.3 is 0 Å². The second-order valence-electron chi connectivity index (χ2n) is 4.63. The van der Waals surface area contributed by atoms with Crippen molar-refractivity contribution in [2.75, 3.05) is 13.1 Å². The fourth-order valence-corrected chi connectivity index (χ4v) is 2.33. The summed E-state index contributed by atoms with van der Waals surface area (Å²) >= 11 is 0. The van der Waals surface area contributed by atoms with E-state index in [4.69, 9.17) is 0 Å². The van der Waals surface area contributed by atoms with Crippen molar-refractivity contribution < 1.29 is 5.11 Å². The molecule has 3 nitrogen and oxygen atoms in total. The summed E-state index contributed by atoms with van der Waals surface area (Å²) in [6, 6.07) is 3.99. The van der Waals surface area contributed by atoms with Crippen molar-refractivity contribution in [1.29, 1.82) is 0 Å². The average molecular weight is 220 g/mol. The minimum atomic E-state index is -0.240. The number of pyridine rings is 1. The number of aryl methyl sites for hydroxylation is 1. The minimum Gasteiger partial charge on any atom is -0.392 e. The zero-order valence-electron chi connectivity index (χ0n) is 9.82. The number of hydrogen-bond donors (Lipinski definition) is 2. The summed E-state index contributed by atoms with van der Waals surface area (Å²) in [5.74, 6) is 0.433. The molecule has 0 radical (unpaired) electrons. The number of hydrogen-bond acceptors (Lipinski definition) is 3. The molecular weight excluding hydrogens is 200 g/mol. The lowest BCUT2D eigenvalue weighted by atomic mass is 9.89. The van der Waals surface area contributed by atoms with Crippen molar-refractivity contribution >= 4 is 0 Å². The van der Waals surface area contributed by atoms with Gasteiger partial charge < -0.3 is 10.4 Å². The SMILES string of the molecule is Cc1cccnc1CC(O)C1CCNCC1. The van der Waals surface area contributed by atoms with E-state index in [0.717, 1.165) is 31.6 Å². The number of rotatable bonds is 3. The first-order valence-corrected chi connectivity index (χ1v) is 6.06. The molecule has 1 fully saturated rings. The lowest BCUT2D eigenvalue weighted by molar-refractivity contribution is 0.0881. The smallest absolute Gasteiger partial charge is 0.0624 e.